The molecule has 8 heteroatoms. The van der Waals surface area contributed by atoms with E-state index in [4.69, 9.17) is 9.47 Å². The summed E-state index contributed by atoms with van der Waals surface area (Å²) in [4.78, 5) is 38.8. The number of amides is 3. The molecule has 38 heavy (non-hydrogen) atoms. The van der Waals surface area contributed by atoms with Crippen molar-refractivity contribution in [2.45, 2.75) is 6.61 Å². The van der Waals surface area contributed by atoms with Crippen LogP contribution in [0.3, 0.4) is 0 Å². The van der Waals surface area contributed by atoms with Crippen LogP contribution in [0.25, 0.3) is 16.8 Å². The second kappa shape index (κ2) is 11.2. The summed E-state index contributed by atoms with van der Waals surface area (Å²) in [7, 11) is 1.55. The number of carbonyl (C=O) groups excluding carboxylic acids is 3. The Morgan fingerprint density at radius 3 is 2.34 bits per heavy atom. The Labute approximate surface area is 224 Å². The Balaban J connectivity index is 1.17. The van der Waals surface area contributed by atoms with Crippen LogP contribution < -0.4 is 14.8 Å². The molecule has 1 saturated heterocycles. The lowest BCUT2D eigenvalue weighted by Gasteiger charge is -2.12. The quantitative estimate of drug-likeness (QED) is 0.280. The molecule has 1 aliphatic heterocycles. The smallest absolute Gasteiger partial charge is 0.294 e. The Kier molecular flexibility index (Phi) is 7.42. The highest BCUT2D eigenvalue weighted by atomic mass is 32.2. The molecular formula is C30H24N2O5S. The number of ether oxygens (including phenoxy) is 2. The van der Waals surface area contributed by atoms with Crippen molar-refractivity contribution < 1.29 is 23.9 Å². The highest BCUT2D eigenvalue weighted by Crippen LogP contribution is 2.32. The van der Waals surface area contributed by atoms with Crippen LogP contribution in [0.2, 0.25) is 0 Å². The van der Waals surface area contributed by atoms with E-state index in [9.17, 15) is 14.4 Å². The van der Waals surface area contributed by atoms with Crippen LogP contribution in [0.4, 0.5) is 10.5 Å². The van der Waals surface area contributed by atoms with Gasteiger partial charge in [-0.05, 0) is 82.2 Å². The van der Waals surface area contributed by atoms with Crippen LogP contribution >= 0.6 is 11.8 Å². The molecule has 3 amide bonds. The van der Waals surface area contributed by atoms with Crippen molar-refractivity contribution in [3.8, 4) is 11.5 Å². The fourth-order valence-corrected chi connectivity index (χ4v) is 4.80. The Morgan fingerprint density at radius 1 is 0.895 bits per heavy atom. The van der Waals surface area contributed by atoms with E-state index >= 15 is 0 Å². The second-order valence-corrected chi connectivity index (χ2v) is 9.58. The first-order valence-corrected chi connectivity index (χ1v) is 12.7. The summed E-state index contributed by atoms with van der Waals surface area (Å²) < 4.78 is 11.0. The van der Waals surface area contributed by atoms with E-state index < -0.39 is 17.1 Å². The number of thioether (sulfide) groups is 1. The van der Waals surface area contributed by atoms with E-state index in [0.29, 0.717) is 23.8 Å². The van der Waals surface area contributed by atoms with Crippen molar-refractivity contribution >= 4 is 51.4 Å². The highest BCUT2D eigenvalue weighted by Gasteiger charge is 2.36. The van der Waals surface area contributed by atoms with Gasteiger partial charge < -0.3 is 14.8 Å². The first-order chi connectivity index (χ1) is 18.5. The third-order valence-corrected chi connectivity index (χ3v) is 6.85. The fourth-order valence-electron chi connectivity index (χ4n) is 3.96. The number of methoxy groups -OCH3 is 1. The predicted molar refractivity (Wildman–Crippen MR) is 149 cm³/mol. The molecule has 1 heterocycles. The van der Waals surface area contributed by atoms with E-state index in [-0.39, 0.29) is 11.4 Å². The first-order valence-electron chi connectivity index (χ1n) is 11.9. The number of hydrogen-bond acceptors (Lipinski definition) is 6. The van der Waals surface area contributed by atoms with Gasteiger partial charge in [-0.25, -0.2) is 0 Å². The number of carbonyl (C=O) groups is 3. The molecule has 0 bridgehead atoms. The molecule has 7 nitrogen and oxygen atoms in total. The van der Waals surface area contributed by atoms with Crippen LogP contribution in [0, 0.1) is 0 Å². The molecule has 4 aromatic rings. The number of fused-ring (bicyclic) bond motifs is 1. The van der Waals surface area contributed by atoms with Crippen LogP contribution in [0.1, 0.15) is 11.1 Å². The van der Waals surface area contributed by atoms with E-state index in [2.05, 4.69) is 29.6 Å². The lowest BCUT2D eigenvalue weighted by molar-refractivity contribution is -0.127. The molecule has 0 aromatic heterocycles. The topological polar surface area (TPSA) is 84.9 Å². The fraction of sp³-hybridized carbons (Fsp3) is 0.100. The van der Waals surface area contributed by atoms with Crippen molar-refractivity contribution in [3.63, 3.8) is 0 Å². The van der Waals surface area contributed by atoms with E-state index in [1.165, 1.54) is 5.39 Å². The summed E-state index contributed by atoms with van der Waals surface area (Å²) in [5.74, 6) is 0.385. The molecule has 5 rings (SSSR count). The minimum atomic E-state index is -0.499. The zero-order valence-electron chi connectivity index (χ0n) is 20.5. The first kappa shape index (κ1) is 25.1. The maximum absolute atomic E-state index is 12.8. The zero-order valence-corrected chi connectivity index (χ0v) is 21.4. The van der Waals surface area contributed by atoms with Gasteiger partial charge in [-0.15, -0.1) is 0 Å². The van der Waals surface area contributed by atoms with Gasteiger partial charge in [-0.1, -0.05) is 48.5 Å². The molecule has 1 aliphatic rings. The molecule has 0 unspecified atom stereocenters. The number of benzene rings is 4. The summed E-state index contributed by atoms with van der Waals surface area (Å²) in [6, 6.07) is 28.5. The van der Waals surface area contributed by atoms with E-state index in [1.807, 2.05) is 42.5 Å². The molecule has 0 saturated carbocycles. The maximum Gasteiger partial charge on any atom is 0.294 e. The van der Waals surface area contributed by atoms with Gasteiger partial charge in [0, 0.05) is 5.69 Å². The minimum absolute atomic E-state index is 0.261. The van der Waals surface area contributed by atoms with Gasteiger partial charge in [0.1, 0.15) is 24.7 Å². The van der Waals surface area contributed by atoms with Gasteiger partial charge in [-0.3, -0.25) is 19.3 Å². The number of nitrogens with one attached hydrogen (secondary N) is 1. The Morgan fingerprint density at radius 2 is 1.61 bits per heavy atom. The van der Waals surface area contributed by atoms with Gasteiger partial charge in [0.05, 0.1) is 12.0 Å². The molecule has 190 valence electrons. The average Bonchev–Trinajstić information content (AvgIpc) is 3.20. The van der Waals surface area contributed by atoms with Gasteiger partial charge in [-0.2, -0.15) is 0 Å². The van der Waals surface area contributed by atoms with Crippen molar-refractivity contribution in [2.75, 3.05) is 19.0 Å². The van der Waals surface area contributed by atoms with Crippen LogP contribution in [0.5, 0.6) is 11.5 Å². The molecular weight excluding hydrogens is 500 g/mol. The molecule has 0 spiro atoms. The number of nitrogens with zero attached hydrogens (tertiary/aromatic N) is 1. The summed E-state index contributed by atoms with van der Waals surface area (Å²) >= 11 is 0.813. The molecule has 4 aromatic carbocycles. The molecule has 1 fully saturated rings. The molecule has 0 radical (unpaired) electrons. The summed E-state index contributed by atoms with van der Waals surface area (Å²) in [5, 5.41) is 4.54. The standard InChI is InChI=1S/C30H24N2O5S/c1-36-25-14-10-24(11-15-25)31-28(33)18-32-29(34)27(38-30(32)35)17-20-7-12-26(13-8-20)37-19-21-6-9-22-4-2-3-5-23(22)16-21/h2-17H,18-19H2,1H3,(H,31,33)/b27-17-. The Bertz CT molecular complexity index is 1530. The van der Waals surface area contributed by atoms with Crippen molar-refractivity contribution in [1.29, 1.82) is 0 Å². The predicted octanol–water partition coefficient (Wildman–Crippen LogP) is 6.10. The maximum atomic E-state index is 12.8. The SMILES string of the molecule is COc1ccc(NC(=O)CN2C(=O)S/C(=C\c3ccc(OCc4ccc5ccccc5c4)cc3)C2=O)cc1. The van der Waals surface area contributed by atoms with Crippen molar-refractivity contribution in [1.82, 2.24) is 4.90 Å². The highest BCUT2D eigenvalue weighted by molar-refractivity contribution is 8.18. The molecule has 1 N–H and O–H groups in total. The van der Waals surface area contributed by atoms with Crippen LogP contribution in [0.15, 0.2) is 95.9 Å². The minimum Gasteiger partial charge on any atom is -0.497 e. The third-order valence-electron chi connectivity index (χ3n) is 5.95. The lowest BCUT2D eigenvalue weighted by atomic mass is 10.1. The monoisotopic (exact) mass is 524 g/mol. The van der Waals surface area contributed by atoms with Gasteiger partial charge >= 0.3 is 0 Å². The van der Waals surface area contributed by atoms with Gasteiger partial charge in [0.2, 0.25) is 5.91 Å². The zero-order chi connectivity index (χ0) is 26.5. The summed E-state index contributed by atoms with van der Waals surface area (Å²) in [6.07, 6.45) is 1.64. The largest absolute Gasteiger partial charge is 0.497 e. The average molecular weight is 525 g/mol. The lowest BCUT2D eigenvalue weighted by Crippen LogP contribution is -2.36. The molecule has 0 atom stereocenters. The third kappa shape index (κ3) is 5.87. The summed E-state index contributed by atoms with van der Waals surface area (Å²) in [6.45, 7) is 0.0667. The van der Waals surface area contributed by atoms with Crippen molar-refractivity contribution in [2.24, 2.45) is 0 Å². The number of imide groups is 1. The summed E-state index contributed by atoms with van der Waals surface area (Å²) in [5.41, 5.74) is 2.36. The van der Waals surface area contributed by atoms with Gasteiger partial charge in [0.15, 0.2) is 0 Å². The van der Waals surface area contributed by atoms with Gasteiger partial charge in [0.25, 0.3) is 11.1 Å². The van der Waals surface area contributed by atoms with Crippen LogP contribution in [-0.2, 0) is 16.2 Å². The van der Waals surface area contributed by atoms with Crippen molar-refractivity contribution in [3.05, 3.63) is 107 Å². The van der Waals surface area contributed by atoms with E-state index in [0.717, 1.165) is 33.2 Å². The Hall–Kier alpha value is -4.56. The van der Waals surface area contributed by atoms with E-state index in [1.54, 1.807) is 37.5 Å². The number of rotatable bonds is 8. The molecule has 0 aliphatic carbocycles. The second-order valence-electron chi connectivity index (χ2n) is 8.58. The normalized spacial score (nSPS) is 14.2. The number of anilines is 1. The number of hydrogen-bond donors (Lipinski definition) is 1. The van der Waals surface area contributed by atoms with Crippen LogP contribution in [-0.4, -0.2) is 35.6 Å².